The van der Waals surface area contributed by atoms with Gasteiger partial charge in [-0.2, -0.15) is 0 Å². The molecule has 0 radical (unpaired) electrons. The Morgan fingerprint density at radius 1 is 1.03 bits per heavy atom. The van der Waals surface area contributed by atoms with Crippen LogP contribution in [0.25, 0.3) is 11.0 Å². The molecule has 0 saturated heterocycles. The fourth-order valence-electron chi connectivity index (χ4n) is 3.16. The third kappa shape index (κ3) is 6.81. The minimum Gasteiger partial charge on any atom is -0.346 e. The van der Waals surface area contributed by atoms with Crippen molar-refractivity contribution in [3.05, 3.63) is 64.9 Å². The number of H-pyrrole nitrogens is 1. The topological polar surface area (TPSA) is 45.8 Å². The minimum absolute atomic E-state index is 0.0178. The van der Waals surface area contributed by atoms with E-state index in [0.717, 1.165) is 54.6 Å². The number of fused-ring (bicyclic) bond motifs is 1. The molecule has 0 atom stereocenters. The van der Waals surface area contributed by atoms with Crippen LogP contribution in [0.5, 0.6) is 0 Å². The van der Waals surface area contributed by atoms with Crippen LogP contribution in [-0.4, -0.2) is 20.6 Å². The van der Waals surface area contributed by atoms with Gasteiger partial charge in [-0.25, -0.2) is 4.98 Å². The third-order valence-electron chi connectivity index (χ3n) is 4.77. The summed E-state index contributed by atoms with van der Waals surface area (Å²) in [5.41, 5.74) is 3.01. The highest BCUT2D eigenvalue weighted by molar-refractivity contribution is 7.80. The van der Waals surface area contributed by atoms with Gasteiger partial charge in [0.15, 0.2) is 0 Å². The highest BCUT2D eigenvalue weighted by Gasteiger charge is 2.05. The van der Waals surface area contributed by atoms with E-state index in [1.807, 2.05) is 24.5 Å². The molecule has 1 N–H and O–H groups in total. The number of carbonyl (C=O) groups excluding carboxylic acids is 1. The molecule has 148 valence electrons. The Balaban J connectivity index is 1.31. The second kappa shape index (κ2) is 10.9. The van der Waals surface area contributed by atoms with Crippen molar-refractivity contribution in [2.24, 2.45) is 0 Å². The predicted molar refractivity (Wildman–Crippen MR) is 123 cm³/mol. The molecule has 3 rings (SSSR count). The number of hydrogen-bond donors (Lipinski definition) is 1. The van der Waals surface area contributed by atoms with Crippen LogP contribution in [0.1, 0.15) is 49.7 Å². The Morgan fingerprint density at radius 3 is 2.66 bits per heavy atom. The van der Waals surface area contributed by atoms with E-state index in [1.54, 1.807) is 12.1 Å². The first-order valence-corrected chi connectivity index (χ1v) is 10.6. The molecule has 0 saturated carbocycles. The van der Waals surface area contributed by atoms with Crippen molar-refractivity contribution in [2.45, 2.75) is 44.9 Å². The lowest BCUT2D eigenvalue weighted by Gasteiger charge is -2.05. The predicted octanol–water partition coefficient (Wildman–Crippen LogP) is 6.09. The van der Waals surface area contributed by atoms with Crippen molar-refractivity contribution in [2.75, 3.05) is 0 Å². The zero-order valence-electron chi connectivity index (χ0n) is 16.2. The summed E-state index contributed by atoms with van der Waals surface area (Å²) in [6.07, 6.45) is 9.89. The van der Waals surface area contributed by atoms with Gasteiger partial charge in [-0.3, -0.25) is 4.79 Å². The van der Waals surface area contributed by atoms with Gasteiger partial charge in [0.2, 0.25) is 5.78 Å². The van der Waals surface area contributed by atoms with Crippen molar-refractivity contribution >= 4 is 45.5 Å². The lowest BCUT2D eigenvalue weighted by Crippen LogP contribution is -1.99. The maximum atomic E-state index is 11.9. The molecule has 0 unspecified atom stereocenters. The van der Waals surface area contributed by atoms with Gasteiger partial charge in [-0.15, -0.1) is 0 Å². The van der Waals surface area contributed by atoms with Crippen molar-refractivity contribution in [1.29, 1.82) is 0 Å². The van der Waals surface area contributed by atoms with Crippen LogP contribution < -0.4 is 0 Å². The van der Waals surface area contributed by atoms with Crippen LogP contribution in [0.3, 0.4) is 0 Å². The van der Waals surface area contributed by atoms with Crippen molar-refractivity contribution in [3.63, 3.8) is 0 Å². The van der Waals surface area contributed by atoms with Crippen LogP contribution in [-0.2, 0) is 11.2 Å². The lowest BCUT2D eigenvalue weighted by atomic mass is 10.0. The molecular formula is C24H23ClN2OS. The first kappa shape index (κ1) is 21.2. The summed E-state index contributed by atoms with van der Waals surface area (Å²) in [6.45, 7) is 0. The van der Waals surface area contributed by atoms with E-state index in [0.29, 0.717) is 11.4 Å². The van der Waals surface area contributed by atoms with Gasteiger partial charge in [0.05, 0.1) is 0 Å². The minimum atomic E-state index is -0.0178. The summed E-state index contributed by atoms with van der Waals surface area (Å²) < 4.78 is 0. The normalized spacial score (nSPS) is 10.5. The molecular weight excluding hydrogens is 400 g/mol. The van der Waals surface area contributed by atoms with Crippen molar-refractivity contribution < 1.29 is 4.79 Å². The summed E-state index contributed by atoms with van der Waals surface area (Å²) in [4.78, 5) is 20.4. The lowest BCUT2D eigenvalue weighted by molar-refractivity contribution is -0.113. The van der Waals surface area contributed by atoms with E-state index in [4.69, 9.17) is 23.8 Å². The number of carbonyl (C=O) groups is 1. The monoisotopic (exact) mass is 422 g/mol. The van der Waals surface area contributed by atoms with Crippen LogP contribution in [0.15, 0.2) is 48.8 Å². The molecule has 29 heavy (non-hydrogen) atoms. The van der Waals surface area contributed by atoms with E-state index in [1.165, 1.54) is 10.9 Å². The molecule has 3 aromatic rings. The number of aromatic amines is 1. The van der Waals surface area contributed by atoms with E-state index in [2.05, 4.69) is 33.9 Å². The third-order valence-corrected chi connectivity index (χ3v) is 5.43. The second-order valence-corrected chi connectivity index (χ2v) is 8.00. The number of rotatable bonds is 9. The summed E-state index contributed by atoms with van der Waals surface area (Å²) >= 11 is 11.4. The molecule has 5 heteroatoms. The number of halogens is 1. The van der Waals surface area contributed by atoms with Gasteiger partial charge in [-0.05, 0) is 84.9 Å². The highest BCUT2D eigenvalue weighted by Crippen LogP contribution is 2.18. The molecule has 0 amide bonds. The fraction of sp³-hybridized carbons (Fsp3) is 0.292. The quantitative estimate of drug-likeness (QED) is 0.258. The molecule has 2 heterocycles. The Morgan fingerprint density at radius 2 is 1.83 bits per heavy atom. The zero-order chi connectivity index (χ0) is 20.5. The number of nitrogens with one attached hydrogen (secondary N) is 1. The molecule has 2 aromatic heterocycles. The molecule has 0 fully saturated rings. The van der Waals surface area contributed by atoms with E-state index in [9.17, 15) is 4.79 Å². The van der Waals surface area contributed by atoms with Crippen molar-refractivity contribution in [3.8, 4) is 11.8 Å². The summed E-state index contributed by atoms with van der Waals surface area (Å²) in [5, 5.41) is 1.84. The van der Waals surface area contributed by atoms with Gasteiger partial charge in [0.25, 0.3) is 0 Å². The number of unbranched alkanes of at least 4 members (excludes halogenated alkanes) is 2. The summed E-state index contributed by atoms with van der Waals surface area (Å²) in [5.74, 6) is 5.57. The van der Waals surface area contributed by atoms with Crippen LogP contribution >= 0.6 is 23.8 Å². The largest absolute Gasteiger partial charge is 0.346 e. The molecule has 0 aliphatic carbocycles. The number of aromatic nitrogens is 2. The number of nitrogens with zero attached hydrogens (tertiary/aromatic N) is 1. The van der Waals surface area contributed by atoms with E-state index >= 15 is 0 Å². The average molecular weight is 423 g/mol. The summed E-state index contributed by atoms with van der Waals surface area (Å²) in [6, 6.07) is 11.3. The average Bonchev–Trinajstić information content (AvgIpc) is 3.21. The zero-order valence-corrected chi connectivity index (χ0v) is 17.8. The van der Waals surface area contributed by atoms with Gasteiger partial charge >= 0.3 is 0 Å². The molecule has 0 aliphatic heterocycles. The number of hydrogen-bond acceptors (Lipinski definition) is 3. The smallest absolute Gasteiger partial charge is 0.205 e. The second-order valence-electron chi connectivity index (χ2n) is 6.99. The number of Topliss-reactive ketones (excluding diaryl/α,β-unsaturated/α-hetero) is 1. The Hall–Kier alpha value is -2.48. The SMILES string of the molecule is O=C(C#Cc1ccc(Cl)cc1)CCCCCC(=S)CCc1ccnc2[nH]ccc12. The number of aryl methyl sites for hydroxylation is 1. The Bertz CT molecular complexity index is 1040. The van der Waals surface area contributed by atoms with Crippen LogP contribution in [0.4, 0.5) is 0 Å². The first-order valence-electron chi connectivity index (χ1n) is 9.85. The van der Waals surface area contributed by atoms with Gasteiger partial charge in [-0.1, -0.05) is 36.2 Å². The van der Waals surface area contributed by atoms with Gasteiger partial charge in [0, 0.05) is 34.8 Å². The Kier molecular flexibility index (Phi) is 7.98. The molecule has 3 nitrogen and oxygen atoms in total. The summed E-state index contributed by atoms with van der Waals surface area (Å²) in [7, 11) is 0. The van der Waals surface area contributed by atoms with Crippen molar-refractivity contribution in [1.82, 2.24) is 9.97 Å². The number of benzene rings is 1. The van der Waals surface area contributed by atoms with Crippen LogP contribution in [0.2, 0.25) is 5.02 Å². The van der Waals surface area contributed by atoms with E-state index < -0.39 is 0 Å². The maximum absolute atomic E-state index is 11.9. The van der Waals surface area contributed by atoms with Crippen LogP contribution in [0, 0.1) is 11.8 Å². The van der Waals surface area contributed by atoms with Gasteiger partial charge < -0.3 is 4.98 Å². The van der Waals surface area contributed by atoms with Gasteiger partial charge in [0.1, 0.15) is 5.65 Å². The maximum Gasteiger partial charge on any atom is 0.205 e. The first-order chi connectivity index (χ1) is 14.1. The number of pyridine rings is 1. The number of ketones is 1. The highest BCUT2D eigenvalue weighted by atomic mass is 35.5. The standard InChI is InChI=1S/C24H23ClN2OS/c25-20-10-6-18(7-11-20)8-12-21(28)4-2-1-3-5-22(29)13-9-19-14-16-26-24-23(19)15-17-27-24/h6-7,10-11,14-17H,1-5,9,13H2,(H,26,27). The molecule has 0 bridgehead atoms. The fourth-order valence-corrected chi connectivity index (χ4v) is 3.53. The molecule has 0 spiro atoms. The Labute approximate surface area is 181 Å². The van der Waals surface area contributed by atoms with E-state index in [-0.39, 0.29) is 5.78 Å². The molecule has 1 aromatic carbocycles. The number of thiocarbonyl (C=S) groups is 1. The molecule has 0 aliphatic rings.